The molecule has 2 N–H and O–H groups in total. The zero-order valence-electron chi connectivity index (χ0n) is 24.7. The number of alkyl halides is 3. The van der Waals surface area contributed by atoms with Crippen molar-refractivity contribution in [3.8, 4) is 5.75 Å². The maximum Gasteiger partial charge on any atom is 0.421 e. The molecular formula is C32H38ClF3N2O5S. The van der Waals surface area contributed by atoms with Gasteiger partial charge in [-0.15, -0.1) is 0 Å². The minimum atomic E-state index is -4.92. The van der Waals surface area contributed by atoms with Crippen molar-refractivity contribution in [3.63, 3.8) is 0 Å². The molecule has 5 atom stereocenters. The number of ether oxygens (including phenoxy) is 1. The van der Waals surface area contributed by atoms with E-state index in [1.165, 1.54) is 19.1 Å². The number of allylic oxidation sites excluding steroid dienone is 1. The minimum absolute atomic E-state index is 0.0258. The molecule has 0 aromatic heterocycles. The zero-order chi connectivity index (χ0) is 31.9. The summed E-state index contributed by atoms with van der Waals surface area (Å²) in [4.78, 5) is 15.2. The van der Waals surface area contributed by atoms with E-state index < -0.39 is 50.7 Å². The van der Waals surface area contributed by atoms with Crippen molar-refractivity contribution in [2.24, 2.45) is 17.8 Å². The Morgan fingerprint density at radius 3 is 2.57 bits per heavy atom. The molecule has 5 rings (SSSR count). The quantitative estimate of drug-likeness (QED) is 0.318. The molecule has 0 unspecified atom stereocenters. The summed E-state index contributed by atoms with van der Waals surface area (Å²) in [6, 6.07) is 10.2. The van der Waals surface area contributed by atoms with Gasteiger partial charge >= 0.3 is 6.18 Å². The Kier molecular flexibility index (Phi) is 9.31. The van der Waals surface area contributed by atoms with Gasteiger partial charge in [0.25, 0.3) is 5.91 Å². The Labute approximate surface area is 261 Å². The second-order valence-electron chi connectivity index (χ2n) is 12.4. The first kappa shape index (κ1) is 32.6. The lowest BCUT2D eigenvalue weighted by Crippen LogP contribution is -2.57. The highest BCUT2D eigenvalue weighted by Gasteiger charge is 2.61. The molecule has 2 bridgehead atoms. The molecule has 240 valence electrons. The van der Waals surface area contributed by atoms with E-state index in [-0.39, 0.29) is 31.6 Å². The Morgan fingerprint density at radius 1 is 1.09 bits per heavy atom. The average Bonchev–Trinajstić information content (AvgIpc) is 2.96. The van der Waals surface area contributed by atoms with Crippen LogP contribution in [0.1, 0.15) is 67.4 Å². The highest BCUT2D eigenvalue weighted by atomic mass is 35.5. The van der Waals surface area contributed by atoms with E-state index in [0.717, 1.165) is 30.0 Å². The topological polar surface area (TPSA) is 95.9 Å². The fourth-order valence-corrected chi connectivity index (χ4v) is 7.88. The predicted molar refractivity (Wildman–Crippen MR) is 163 cm³/mol. The van der Waals surface area contributed by atoms with Gasteiger partial charge in [-0.1, -0.05) is 30.7 Å². The lowest BCUT2D eigenvalue weighted by Gasteiger charge is -2.48. The first-order valence-electron chi connectivity index (χ1n) is 15.0. The Bertz CT molecular complexity index is 1530. The summed E-state index contributed by atoms with van der Waals surface area (Å²) in [5.41, 5.74) is -0.492. The molecule has 1 amide bonds. The van der Waals surface area contributed by atoms with Crippen LogP contribution in [0.3, 0.4) is 0 Å². The van der Waals surface area contributed by atoms with Gasteiger partial charge < -0.3 is 14.7 Å². The smallest absolute Gasteiger partial charge is 0.421 e. The van der Waals surface area contributed by atoms with E-state index in [4.69, 9.17) is 16.3 Å². The number of nitrogens with one attached hydrogen (secondary N) is 1. The zero-order valence-corrected chi connectivity index (χ0v) is 26.3. The minimum Gasteiger partial charge on any atom is -0.487 e. The molecule has 1 aliphatic carbocycles. The summed E-state index contributed by atoms with van der Waals surface area (Å²) >= 11 is 6.25. The number of amides is 1. The molecule has 3 aliphatic rings. The van der Waals surface area contributed by atoms with Crippen molar-refractivity contribution in [2.75, 3.05) is 18.0 Å². The van der Waals surface area contributed by atoms with Crippen LogP contribution >= 0.6 is 11.6 Å². The van der Waals surface area contributed by atoms with Gasteiger partial charge in [-0.25, -0.2) is 13.1 Å². The van der Waals surface area contributed by atoms with Crippen LogP contribution in [0.25, 0.3) is 0 Å². The first-order valence-corrected chi connectivity index (χ1v) is 16.9. The highest BCUT2D eigenvalue weighted by molar-refractivity contribution is 7.90. The molecule has 1 fully saturated rings. The Morgan fingerprint density at radius 2 is 1.86 bits per heavy atom. The maximum atomic E-state index is 14.5. The Balaban J connectivity index is 1.59. The number of aliphatic hydroxyl groups is 1. The lowest BCUT2D eigenvalue weighted by atomic mass is 9.64. The molecule has 1 saturated carbocycles. The van der Waals surface area contributed by atoms with Crippen LogP contribution in [0.2, 0.25) is 5.02 Å². The van der Waals surface area contributed by atoms with Gasteiger partial charge in [0.2, 0.25) is 10.0 Å². The van der Waals surface area contributed by atoms with Gasteiger partial charge in [-0.05, 0) is 105 Å². The normalized spacial score (nSPS) is 30.3. The second kappa shape index (κ2) is 12.6. The van der Waals surface area contributed by atoms with Crippen molar-refractivity contribution < 1.29 is 36.2 Å². The number of aryl methyl sites for hydroxylation is 1. The number of fused-ring (bicyclic) bond motifs is 3. The number of rotatable bonds is 0. The molecule has 0 spiro atoms. The van der Waals surface area contributed by atoms with E-state index in [1.807, 2.05) is 17.0 Å². The fourth-order valence-electron chi connectivity index (χ4n) is 6.40. The number of nitrogens with zero attached hydrogens (tertiary/aromatic N) is 1. The third-order valence-corrected chi connectivity index (χ3v) is 11.7. The van der Waals surface area contributed by atoms with Crippen molar-refractivity contribution in [3.05, 3.63) is 70.3 Å². The summed E-state index contributed by atoms with van der Waals surface area (Å²) in [6.07, 6.45) is -0.0343. The molecule has 0 saturated heterocycles. The molecule has 2 aromatic rings. The molecule has 2 aliphatic heterocycles. The van der Waals surface area contributed by atoms with Crippen molar-refractivity contribution in [1.82, 2.24) is 4.72 Å². The Hall–Kier alpha value is -2.76. The van der Waals surface area contributed by atoms with Gasteiger partial charge in [0.1, 0.15) is 12.4 Å². The second-order valence-corrected chi connectivity index (χ2v) is 14.8. The third kappa shape index (κ3) is 6.60. The molecule has 44 heavy (non-hydrogen) atoms. The highest BCUT2D eigenvalue weighted by Crippen LogP contribution is 2.50. The standard InChI is InChI=1S/C32H38ClF3N2O5S/c1-20-6-5-14-31(40,32(34,35)36)27-12-9-24(27)18-38-15-4-3-7-22-16-26(33)11-8-25(22)19-43-29-13-10-23(17-28(29)38)30(39)37-44(41,42)21(20)2/h5,8,10-11,13-14,16-17,20-21,24,27,40H,3-4,6-7,9,12,15,18-19H2,1-2H3,(H,37,39)/b14-5+/t20-,21+,24-,27+,31-/m0/s1. The molecule has 12 heteroatoms. The number of sulfonamides is 1. The van der Waals surface area contributed by atoms with Crippen molar-refractivity contribution >= 4 is 33.2 Å². The van der Waals surface area contributed by atoms with Gasteiger partial charge in [-0.2, -0.15) is 13.2 Å². The summed E-state index contributed by atoms with van der Waals surface area (Å²) < 4.78 is 78.1. The van der Waals surface area contributed by atoms with Gasteiger partial charge in [0.15, 0.2) is 5.60 Å². The summed E-state index contributed by atoms with van der Waals surface area (Å²) in [5, 5.41) is 10.7. The number of anilines is 1. The van der Waals surface area contributed by atoms with E-state index in [0.29, 0.717) is 35.8 Å². The van der Waals surface area contributed by atoms with Crippen molar-refractivity contribution in [1.29, 1.82) is 0 Å². The largest absolute Gasteiger partial charge is 0.487 e. The molecule has 2 aromatic carbocycles. The molecule has 7 nitrogen and oxygen atoms in total. The van der Waals surface area contributed by atoms with Crippen LogP contribution in [0.4, 0.5) is 18.9 Å². The van der Waals surface area contributed by atoms with E-state index in [9.17, 15) is 31.5 Å². The maximum absolute atomic E-state index is 14.5. The summed E-state index contributed by atoms with van der Waals surface area (Å²) in [5.74, 6) is -2.58. The van der Waals surface area contributed by atoms with E-state index >= 15 is 0 Å². The van der Waals surface area contributed by atoms with Crippen LogP contribution in [-0.4, -0.2) is 49.5 Å². The van der Waals surface area contributed by atoms with Gasteiger partial charge in [0, 0.05) is 29.6 Å². The fraction of sp³-hybridized carbons (Fsp3) is 0.531. The molecule has 2 heterocycles. The lowest BCUT2D eigenvalue weighted by molar-refractivity contribution is -0.273. The van der Waals surface area contributed by atoms with Gasteiger partial charge in [0.05, 0.1) is 10.9 Å². The summed E-state index contributed by atoms with van der Waals surface area (Å²) in [6.45, 7) is 3.84. The number of halogens is 4. The number of carbonyl (C=O) groups is 1. The average molecular weight is 655 g/mol. The van der Waals surface area contributed by atoms with Crippen LogP contribution in [-0.2, 0) is 23.1 Å². The SMILES string of the molecule is C[C@@H]1[C@@H](C)C/C=C/[C@@](O)(C(F)(F)F)[C@@H]2CC[C@H]2CN2CCCCc3cc(Cl)ccc3COc3ccc(cc32)C(=O)NS1(=O)=O. The van der Waals surface area contributed by atoms with E-state index in [2.05, 4.69) is 4.72 Å². The molecular weight excluding hydrogens is 617 g/mol. The summed E-state index contributed by atoms with van der Waals surface area (Å²) in [7, 11) is -4.18. The van der Waals surface area contributed by atoms with Crippen LogP contribution in [0.5, 0.6) is 5.75 Å². The van der Waals surface area contributed by atoms with Gasteiger partial charge in [-0.3, -0.25) is 4.79 Å². The monoisotopic (exact) mass is 654 g/mol. The predicted octanol–water partition coefficient (Wildman–Crippen LogP) is 6.43. The van der Waals surface area contributed by atoms with E-state index in [1.54, 1.807) is 25.1 Å². The van der Waals surface area contributed by atoms with Crippen molar-refractivity contribution in [2.45, 2.75) is 76.0 Å². The van der Waals surface area contributed by atoms with Crippen LogP contribution in [0, 0.1) is 17.8 Å². The van der Waals surface area contributed by atoms with Crippen LogP contribution < -0.4 is 14.4 Å². The number of hydrogen-bond acceptors (Lipinski definition) is 6. The van der Waals surface area contributed by atoms with Crippen LogP contribution in [0.15, 0.2) is 48.6 Å². The number of hydrogen-bond donors (Lipinski definition) is 2. The third-order valence-electron chi connectivity index (χ3n) is 9.53. The number of benzene rings is 2. The first-order chi connectivity index (χ1) is 20.7. The number of carbonyl (C=O) groups excluding carboxylic acids is 1. The molecule has 0 radical (unpaired) electrons.